The standard InChI is InChI=1S/C20H34O/c1-6-18(7-2)13-11-15-19(8-3)14-10-12-17(5)16-20(21)9-4/h10,12-13,16,19H,6-9,11,14-15H2,1-5H3/b12-10+,17-16+. The van der Waals surface area contributed by atoms with Gasteiger partial charge in [-0.05, 0) is 56.6 Å². The normalized spacial score (nSPS) is 13.5. The summed E-state index contributed by atoms with van der Waals surface area (Å²) in [5, 5.41) is 0. The van der Waals surface area contributed by atoms with Crippen LogP contribution in [0.5, 0.6) is 0 Å². The Morgan fingerprint density at radius 3 is 2.24 bits per heavy atom. The molecule has 1 heteroatoms. The van der Waals surface area contributed by atoms with Gasteiger partial charge in [0.05, 0.1) is 0 Å². The lowest BCUT2D eigenvalue weighted by atomic mass is 9.95. The molecule has 0 aromatic rings. The van der Waals surface area contributed by atoms with Crippen LogP contribution in [-0.2, 0) is 4.79 Å². The molecule has 1 unspecified atom stereocenters. The summed E-state index contributed by atoms with van der Waals surface area (Å²) in [5.41, 5.74) is 2.65. The third kappa shape index (κ3) is 10.3. The van der Waals surface area contributed by atoms with E-state index in [1.807, 2.05) is 13.8 Å². The van der Waals surface area contributed by atoms with Crippen molar-refractivity contribution in [3.63, 3.8) is 0 Å². The number of rotatable bonds is 11. The van der Waals surface area contributed by atoms with Gasteiger partial charge in [-0.3, -0.25) is 4.79 Å². The molecule has 0 amide bonds. The van der Waals surface area contributed by atoms with Crippen molar-refractivity contribution >= 4 is 5.78 Å². The number of allylic oxidation sites excluding steroid dienone is 6. The predicted octanol–water partition coefficient (Wildman–Crippen LogP) is 6.41. The molecule has 0 aliphatic rings. The number of hydrogen-bond acceptors (Lipinski definition) is 1. The van der Waals surface area contributed by atoms with Gasteiger partial charge in [-0.2, -0.15) is 0 Å². The first-order chi connectivity index (χ1) is 10.1. The summed E-state index contributed by atoms with van der Waals surface area (Å²) >= 11 is 0. The topological polar surface area (TPSA) is 17.1 Å². The summed E-state index contributed by atoms with van der Waals surface area (Å²) in [6.07, 6.45) is 16.3. The molecule has 120 valence electrons. The van der Waals surface area contributed by atoms with E-state index in [-0.39, 0.29) is 5.78 Å². The smallest absolute Gasteiger partial charge is 0.155 e. The van der Waals surface area contributed by atoms with Crippen molar-refractivity contribution < 1.29 is 4.79 Å². The summed E-state index contributed by atoms with van der Waals surface area (Å²) in [5.74, 6) is 0.961. The van der Waals surface area contributed by atoms with Gasteiger partial charge in [0, 0.05) is 6.42 Å². The molecular formula is C20H34O. The molecule has 0 bridgehead atoms. The minimum absolute atomic E-state index is 0.209. The first kappa shape index (κ1) is 19.9. The Balaban J connectivity index is 4.24. The zero-order chi connectivity index (χ0) is 16.1. The highest BCUT2D eigenvalue weighted by Crippen LogP contribution is 2.18. The van der Waals surface area contributed by atoms with E-state index in [2.05, 4.69) is 39.0 Å². The molecule has 21 heavy (non-hydrogen) atoms. The molecule has 0 heterocycles. The summed E-state index contributed by atoms with van der Waals surface area (Å²) in [6, 6.07) is 0. The van der Waals surface area contributed by atoms with Gasteiger partial charge in [0.1, 0.15) is 0 Å². The molecule has 0 saturated heterocycles. The Bertz CT molecular complexity index is 365. The average molecular weight is 290 g/mol. The molecule has 0 saturated carbocycles. The van der Waals surface area contributed by atoms with Crippen LogP contribution in [0.2, 0.25) is 0 Å². The second-order valence-electron chi connectivity index (χ2n) is 5.77. The second kappa shape index (κ2) is 12.6. The van der Waals surface area contributed by atoms with E-state index < -0.39 is 0 Å². The van der Waals surface area contributed by atoms with E-state index in [0.29, 0.717) is 6.42 Å². The van der Waals surface area contributed by atoms with Gasteiger partial charge in [0.25, 0.3) is 0 Å². The van der Waals surface area contributed by atoms with Gasteiger partial charge in [-0.15, -0.1) is 0 Å². The largest absolute Gasteiger partial charge is 0.295 e. The van der Waals surface area contributed by atoms with E-state index in [0.717, 1.165) is 17.9 Å². The third-order valence-electron chi connectivity index (χ3n) is 4.08. The van der Waals surface area contributed by atoms with Crippen LogP contribution in [0.4, 0.5) is 0 Å². The number of carbonyl (C=O) groups excluding carboxylic acids is 1. The van der Waals surface area contributed by atoms with Crippen LogP contribution >= 0.6 is 0 Å². The monoisotopic (exact) mass is 290 g/mol. The molecule has 0 aliphatic heterocycles. The van der Waals surface area contributed by atoms with E-state index in [4.69, 9.17) is 0 Å². The highest BCUT2D eigenvalue weighted by Gasteiger charge is 2.03. The minimum Gasteiger partial charge on any atom is -0.295 e. The fourth-order valence-corrected chi connectivity index (χ4v) is 2.40. The number of ketones is 1. The predicted molar refractivity (Wildman–Crippen MR) is 94.5 cm³/mol. The SMILES string of the molecule is CCC(=O)/C=C(C)/C=C/CC(CC)CCC=C(CC)CC. The molecule has 1 nitrogen and oxygen atoms in total. The van der Waals surface area contributed by atoms with Crippen molar-refractivity contribution in [1.82, 2.24) is 0 Å². The molecule has 0 aromatic heterocycles. The zero-order valence-electron chi connectivity index (χ0n) is 14.7. The highest BCUT2D eigenvalue weighted by atomic mass is 16.1. The highest BCUT2D eigenvalue weighted by molar-refractivity contribution is 5.90. The number of carbonyl (C=O) groups is 1. The van der Waals surface area contributed by atoms with Crippen molar-refractivity contribution in [2.75, 3.05) is 0 Å². The van der Waals surface area contributed by atoms with Crippen molar-refractivity contribution in [1.29, 1.82) is 0 Å². The molecule has 0 spiro atoms. The summed E-state index contributed by atoms with van der Waals surface area (Å²) in [6.45, 7) is 10.6. The molecule has 0 N–H and O–H groups in total. The summed E-state index contributed by atoms with van der Waals surface area (Å²) < 4.78 is 0. The lowest BCUT2D eigenvalue weighted by Crippen LogP contribution is -1.97. The van der Waals surface area contributed by atoms with Gasteiger partial charge in [0.15, 0.2) is 5.78 Å². The fraction of sp³-hybridized carbons (Fsp3) is 0.650. The van der Waals surface area contributed by atoms with E-state index in [1.165, 1.54) is 32.1 Å². The van der Waals surface area contributed by atoms with Gasteiger partial charge in [0.2, 0.25) is 0 Å². The summed E-state index contributed by atoms with van der Waals surface area (Å²) in [4.78, 5) is 11.3. The Morgan fingerprint density at radius 2 is 1.71 bits per heavy atom. The first-order valence-electron chi connectivity index (χ1n) is 8.62. The molecule has 0 fully saturated rings. The second-order valence-corrected chi connectivity index (χ2v) is 5.77. The molecule has 1 atom stereocenters. The van der Waals surface area contributed by atoms with E-state index in [9.17, 15) is 4.79 Å². The maximum absolute atomic E-state index is 11.3. The van der Waals surface area contributed by atoms with E-state index >= 15 is 0 Å². The zero-order valence-corrected chi connectivity index (χ0v) is 14.7. The van der Waals surface area contributed by atoms with Gasteiger partial charge >= 0.3 is 0 Å². The molecule has 0 radical (unpaired) electrons. The summed E-state index contributed by atoms with van der Waals surface area (Å²) in [7, 11) is 0. The van der Waals surface area contributed by atoms with Crippen LogP contribution in [0.15, 0.2) is 35.5 Å². The molecular weight excluding hydrogens is 256 g/mol. The quantitative estimate of drug-likeness (QED) is 0.244. The lowest BCUT2D eigenvalue weighted by Gasteiger charge is -2.11. The minimum atomic E-state index is 0.209. The van der Waals surface area contributed by atoms with Crippen LogP contribution in [0, 0.1) is 5.92 Å². The Labute approximate surface area is 132 Å². The van der Waals surface area contributed by atoms with Crippen LogP contribution in [-0.4, -0.2) is 5.78 Å². The van der Waals surface area contributed by atoms with Gasteiger partial charge in [-0.25, -0.2) is 0 Å². The Kier molecular flexibility index (Phi) is 12.0. The molecule has 0 aromatic carbocycles. The van der Waals surface area contributed by atoms with Crippen LogP contribution in [0.1, 0.15) is 79.6 Å². The Morgan fingerprint density at radius 1 is 1.05 bits per heavy atom. The van der Waals surface area contributed by atoms with Gasteiger partial charge in [-0.1, -0.05) is 57.9 Å². The molecule has 0 aliphatic carbocycles. The Hall–Kier alpha value is -1.11. The van der Waals surface area contributed by atoms with Crippen LogP contribution in [0.3, 0.4) is 0 Å². The fourth-order valence-electron chi connectivity index (χ4n) is 2.40. The lowest BCUT2D eigenvalue weighted by molar-refractivity contribution is -0.114. The third-order valence-corrected chi connectivity index (χ3v) is 4.08. The molecule has 0 rings (SSSR count). The van der Waals surface area contributed by atoms with E-state index in [1.54, 1.807) is 11.6 Å². The maximum atomic E-state index is 11.3. The first-order valence-corrected chi connectivity index (χ1v) is 8.62. The average Bonchev–Trinajstić information content (AvgIpc) is 2.49. The number of hydrogen-bond donors (Lipinski definition) is 0. The van der Waals surface area contributed by atoms with Crippen molar-refractivity contribution in [3.05, 3.63) is 35.5 Å². The van der Waals surface area contributed by atoms with Crippen molar-refractivity contribution in [2.45, 2.75) is 79.6 Å². The van der Waals surface area contributed by atoms with Crippen molar-refractivity contribution in [3.8, 4) is 0 Å². The van der Waals surface area contributed by atoms with Crippen molar-refractivity contribution in [2.24, 2.45) is 5.92 Å². The van der Waals surface area contributed by atoms with Gasteiger partial charge < -0.3 is 0 Å². The maximum Gasteiger partial charge on any atom is 0.155 e. The van der Waals surface area contributed by atoms with Crippen LogP contribution < -0.4 is 0 Å². The van der Waals surface area contributed by atoms with Crippen LogP contribution in [0.25, 0.3) is 0 Å².